The lowest BCUT2D eigenvalue weighted by molar-refractivity contribution is 0.368. The van der Waals surface area contributed by atoms with Gasteiger partial charge in [-0.1, -0.05) is 0 Å². The smallest absolute Gasteiger partial charge is 0.248 e. The van der Waals surface area contributed by atoms with Crippen LogP contribution in [0.2, 0.25) is 0 Å². The first-order valence-electron chi connectivity index (χ1n) is 6.13. The van der Waals surface area contributed by atoms with Crippen molar-refractivity contribution in [1.29, 1.82) is 5.26 Å². The lowest BCUT2D eigenvalue weighted by Crippen LogP contribution is -2.31. The number of nitrogens with two attached hydrogens (primary N) is 1. The number of hydrogen-bond donors (Lipinski definition) is 1. The molecule has 2 aromatic rings. The fourth-order valence-electron chi connectivity index (χ4n) is 1.86. The van der Waals surface area contributed by atoms with Crippen LogP contribution in [0, 0.1) is 11.3 Å². The third-order valence-corrected chi connectivity index (χ3v) is 4.69. The van der Waals surface area contributed by atoms with Gasteiger partial charge in [0.05, 0.1) is 18.9 Å². The molecule has 2 aromatic heterocycles. The minimum atomic E-state index is -3.85. The Morgan fingerprint density at radius 3 is 2.86 bits per heavy atom. The molecule has 0 aromatic carbocycles. The number of sulfonamides is 1. The Hall–Kier alpha value is -2.31. The fraction of sp³-hybridized carbons (Fsp3) is 0.333. The van der Waals surface area contributed by atoms with E-state index in [1.807, 2.05) is 6.07 Å². The Bertz CT molecular complexity index is 742. The van der Waals surface area contributed by atoms with Crippen molar-refractivity contribution >= 4 is 15.8 Å². The third kappa shape index (κ3) is 3.24. The van der Waals surface area contributed by atoms with Crippen LogP contribution in [0.5, 0.6) is 0 Å². The van der Waals surface area contributed by atoms with E-state index >= 15 is 0 Å². The largest absolute Gasteiger partial charge is 0.468 e. The molecule has 0 radical (unpaired) electrons. The number of aryl methyl sites for hydroxylation is 1. The Kier molecular flexibility index (Phi) is 4.30. The molecule has 0 aliphatic heterocycles. The molecule has 0 spiro atoms. The predicted octanol–water partition coefficient (Wildman–Crippen LogP) is 0.700. The monoisotopic (exact) mass is 309 g/mol. The van der Waals surface area contributed by atoms with Crippen LogP contribution in [0.25, 0.3) is 0 Å². The van der Waals surface area contributed by atoms with Gasteiger partial charge in [-0.2, -0.15) is 14.7 Å². The van der Waals surface area contributed by atoms with E-state index in [1.54, 1.807) is 19.2 Å². The van der Waals surface area contributed by atoms with E-state index < -0.39 is 10.0 Å². The second kappa shape index (κ2) is 5.99. The van der Waals surface area contributed by atoms with Gasteiger partial charge >= 0.3 is 0 Å². The highest BCUT2D eigenvalue weighted by Crippen LogP contribution is 2.23. The van der Waals surface area contributed by atoms with Gasteiger partial charge in [0.2, 0.25) is 10.0 Å². The summed E-state index contributed by atoms with van der Waals surface area (Å²) in [5.74, 6) is 0.415. The van der Waals surface area contributed by atoms with Crippen LogP contribution in [0.4, 0.5) is 5.82 Å². The van der Waals surface area contributed by atoms with Gasteiger partial charge in [-0.25, -0.2) is 8.42 Å². The van der Waals surface area contributed by atoms with Gasteiger partial charge in [0.15, 0.2) is 5.82 Å². The molecule has 0 fully saturated rings. The minimum absolute atomic E-state index is 0.0331. The zero-order valence-electron chi connectivity index (χ0n) is 11.4. The summed E-state index contributed by atoms with van der Waals surface area (Å²) in [6.45, 7) is 0.0826. The molecule has 0 saturated heterocycles. The molecule has 0 bridgehead atoms. The Labute approximate surface area is 122 Å². The van der Waals surface area contributed by atoms with Crippen LogP contribution < -0.4 is 5.73 Å². The van der Waals surface area contributed by atoms with E-state index in [0.717, 1.165) is 4.31 Å². The zero-order valence-corrected chi connectivity index (χ0v) is 12.2. The quantitative estimate of drug-likeness (QED) is 0.839. The Balaban J connectivity index is 2.34. The average Bonchev–Trinajstić information content (AvgIpc) is 3.04. The molecule has 21 heavy (non-hydrogen) atoms. The first-order valence-corrected chi connectivity index (χ1v) is 7.57. The van der Waals surface area contributed by atoms with Gasteiger partial charge in [0.1, 0.15) is 10.7 Å². The molecule has 9 heteroatoms. The lowest BCUT2D eigenvalue weighted by atomic mass is 10.4. The van der Waals surface area contributed by atoms with Gasteiger partial charge < -0.3 is 10.2 Å². The van der Waals surface area contributed by atoms with E-state index in [4.69, 9.17) is 15.4 Å². The number of rotatable bonds is 6. The number of furan rings is 1. The summed E-state index contributed by atoms with van der Waals surface area (Å²) < 4.78 is 32.9. The van der Waals surface area contributed by atoms with Gasteiger partial charge in [-0.3, -0.25) is 4.68 Å². The second-order valence-electron chi connectivity index (χ2n) is 4.38. The molecule has 0 unspecified atom stereocenters. The van der Waals surface area contributed by atoms with Crippen molar-refractivity contribution in [2.75, 3.05) is 12.3 Å². The molecule has 0 atom stereocenters. The number of nitrogens with zero attached hydrogens (tertiary/aromatic N) is 4. The van der Waals surface area contributed by atoms with Crippen LogP contribution >= 0.6 is 0 Å². The molecule has 0 aliphatic rings. The SMILES string of the molecule is Cn1cc(S(=O)(=O)N(CCC#N)Cc2ccco2)c(N)n1. The van der Waals surface area contributed by atoms with E-state index in [-0.39, 0.29) is 30.2 Å². The molecule has 2 rings (SSSR count). The molecular weight excluding hydrogens is 294 g/mol. The van der Waals surface area contributed by atoms with Gasteiger partial charge in [-0.15, -0.1) is 0 Å². The topological polar surface area (TPSA) is 118 Å². The summed E-state index contributed by atoms with van der Waals surface area (Å²) in [5, 5.41) is 12.5. The maximum atomic E-state index is 12.6. The lowest BCUT2D eigenvalue weighted by Gasteiger charge is -2.19. The molecule has 0 aliphatic carbocycles. The first kappa shape index (κ1) is 15.1. The van der Waals surface area contributed by atoms with E-state index in [2.05, 4.69) is 5.10 Å². The normalized spacial score (nSPS) is 11.7. The summed E-state index contributed by atoms with van der Waals surface area (Å²) in [6.07, 6.45) is 2.87. The van der Waals surface area contributed by atoms with Crippen molar-refractivity contribution in [2.24, 2.45) is 7.05 Å². The summed E-state index contributed by atoms with van der Waals surface area (Å²) in [4.78, 5) is -0.0745. The number of aromatic nitrogens is 2. The number of anilines is 1. The standard InChI is InChI=1S/C12H15N5O3S/c1-16-9-11(12(14)15-16)21(18,19)17(6-3-5-13)8-10-4-2-7-20-10/h2,4,7,9H,3,6,8H2,1H3,(H2,14,15). The van der Waals surface area contributed by atoms with E-state index in [1.165, 1.54) is 17.1 Å². The van der Waals surface area contributed by atoms with E-state index in [9.17, 15) is 8.42 Å². The highest BCUT2D eigenvalue weighted by Gasteiger charge is 2.29. The van der Waals surface area contributed by atoms with Crippen LogP contribution in [-0.4, -0.2) is 29.0 Å². The summed E-state index contributed by atoms with van der Waals surface area (Å²) in [6, 6.07) is 5.27. The molecule has 8 nitrogen and oxygen atoms in total. The molecule has 112 valence electrons. The summed E-state index contributed by atoms with van der Waals surface area (Å²) in [7, 11) is -2.26. The second-order valence-corrected chi connectivity index (χ2v) is 6.28. The van der Waals surface area contributed by atoms with Crippen molar-refractivity contribution in [3.05, 3.63) is 30.4 Å². The fourth-order valence-corrected chi connectivity index (χ4v) is 3.35. The third-order valence-electron chi connectivity index (χ3n) is 2.83. The highest BCUT2D eigenvalue weighted by molar-refractivity contribution is 7.89. The highest BCUT2D eigenvalue weighted by atomic mass is 32.2. The first-order chi connectivity index (χ1) is 9.95. The minimum Gasteiger partial charge on any atom is -0.468 e. The van der Waals surface area contributed by atoms with E-state index in [0.29, 0.717) is 5.76 Å². The predicted molar refractivity (Wildman–Crippen MR) is 74.2 cm³/mol. The van der Waals surface area contributed by atoms with Crippen molar-refractivity contribution < 1.29 is 12.8 Å². The maximum absolute atomic E-state index is 12.6. The maximum Gasteiger partial charge on any atom is 0.248 e. The molecular formula is C12H15N5O3S. The Morgan fingerprint density at radius 1 is 1.57 bits per heavy atom. The summed E-state index contributed by atoms with van der Waals surface area (Å²) in [5.41, 5.74) is 5.64. The molecule has 0 saturated carbocycles. The van der Waals surface area contributed by atoms with Gasteiger partial charge in [0, 0.05) is 26.2 Å². The van der Waals surface area contributed by atoms with Crippen molar-refractivity contribution in [3.8, 4) is 6.07 Å². The van der Waals surface area contributed by atoms with Gasteiger partial charge in [0.25, 0.3) is 0 Å². The van der Waals surface area contributed by atoms with Crippen LogP contribution in [0.1, 0.15) is 12.2 Å². The van der Waals surface area contributed by atoms with Gasteiger partial charge in [-0.05, 0) is 12.1 Å². The number of nitrogen functional groups attached to an aromatic ring is 1. The van der Waals surface area contributed by atoms with Crippen molar-refractivity contribution in [3.63, 3.8) is 0 Å². The number of nitriles is 1. The molecule has 2 N–H and O–H groups in total. The average molecular weight is 309 g/mol. The summed E-state index contributed by atoms with van der Waals surface area (Å²) >= 11 is 0. The van der Waals surface area contributed by atoms with Crippen LogP contribution in [0.3, 0.4) is 0 Å². The van der Waals surface area contributed by atoms with Crippen molar-refractivity contribution in [1.82, 2.24) is 14.1 Å². The van der Waals surface area contributed by atoms with Crippen LogP contribution in [0.15, 0.2) is 33.9 Å². The molecule has 2 heterocycles. The zero-order chi connectivity index (χ0) is 15.5. The number of hydrogen-bond acceptors (Lipinski definition) is 6. The Morgan fingerprint density at radius 2 is 2.33 bits per heavy atom. The van der Waals surface area contributed by atoms with Crippen molar-refractivity contribution in [2.45, 2.75) is 17.9 Å². The van der Waals surface area contributed by atoms with Crippen LogP contribution in [-0.2, 0) is 23.6 Å². The molecule has 0 amide bonds.